The van der Waals surface area contributed by atoms with Crippen molar-refractivity contribution < 1.29 is 69.5 Å². The van der Waals surface area contributed by atoms with Gasteiger partial charge in [0, 0.05) is 0 Å². The molecule has 0 amide bonds. The molecule has 0 spiro atoms. The second-order valence-electron chi connectivity index (χ2n) is 3.41. The van der Waals surface area contributed by atoms with Crippen LogP contribution in [0.15, 0.2) is 0 Å². The topological polar surface area (TPSA) is 6.48 Å². The van der Waals surface area contributed by atoms with Gasteiger partial charge in [-0.05, 0) is 0 Å². The molecule has 0 radical (unpaired) electrons. The van der Waals surface area contributed by atoms with Gasteiger partial charge in [0.15, 0.2) is 0 Å². The van der Waals surface area contributed by atoms with E-state index in [0.717, 1.165) is 0 Å². The third-order valence-corrected chi connectivity index (χ3v) is 32.4. The predicted molar refractivity (Wildman–Crippen MR) is 41.5 cm³/mol. The van der Waals surface area contributed by atoms with E-state index >= 15 is 0 Å². The first-order valence-corrected chi connectivity index (χ1v) is 22.9. The molecule has 0 aromatic rings. The maximum absolute atomic E-state index is 2.91. The molecule has 13 heavy (non-hydrogen) atoms. The summed E-state index contributed by atoms with van der Waals surface area (Å²) < 4.78 is 5.81. The molecule has 0 rings (SSSR count). The summed E-state index contributed by atoms with van der Waals surface area (Å²) in [6.07, 6.45) is 1.50. The molecule has 0 aliphatic rings. The Hall–Kier alpha value is 2.41. The first kappa shape index (κ1) is 15.4. The van der Waals surface area contributed by atoms with Gasteiger partial charge in [0.05, 0.1) is 0 Å². The van der Waals surface area contributed by atoms with E-state index in [4.69, 9.17) is 0 Å². The molecule has 0 heterocycles. The van der Waals surface area contributed by atoms with E-state index in [9.17, 15) is 0 Å². The van der Waals surface area contributed by atoms with Crippen molar-refractivity contribution in [1.82, 2.24) is 4.77 Å². The fraction of sp³-hybridized carbons (Fsp3) is 1.00. The first-order chi connectivity index (χ1) is 6.28. The summed E-state index contributed by atoms with van der Waals surface area (Å²) in [7, 11) is 0. The van der Waals surface area contributed by atoms with Crippen LogP contribution in [0.5, 0.6) is 0 Å². The van der Waals surface area contributed by atoms with Crippen molar-refractivity contribution in [3.05, 3.63) is 0 Å². The Labute approximate surface area is 114 Å². The summed E-state index contributed by atoms with van der Waals surface area (Å²) in [5.74, 6) is 0. The van der Waals surface area contributed by atoms with Crippen LogP contribution in [0.1, 0.15) is 6.42 Å². The first-order valence-electron chi connectivity index (χ1n) is 5.73. The molecule has 0 aromatic heterocycles. The zero-order chi connectivity index (χ0) is 10.1. The second kappa shape index (κ2) is 10.9. The molecule has 0 aliphatic heterocycles. The number of hydrogen-bond acceptors (Lipinski definition) is 2. The summed E-state index contributed by atoms with van der Waals surface area (Å²) in [6, 6.07) is 0. The average molecular weight is 392 g/mol. The molecular formula is C7H18N2Zn4. The molecule has 0 saturated carbocycles. The fourth-order valence-electron chi connectivity index (χ4n) is 1.60. The Morgan fingerprint density at radius 3 is 1.23 bits per heavy atom. The maximum atomic E-state index is 2.91. The quantitative estimate of drug-likeness (QED) is 0.585. The Kier molecular flexibility index (Phi) is 12.9. The molecule has 0 saturated heterocycles. The molecular weight excluding hydrogens is 374 g/mol. The van der Waals surface area contributed by atoms with Gasteiger partial charge in [0.2, 0.25) is 0 Å². The van der Waals surface area contributed by atoms with Crippen LogP contribution in [0.2, 0.25) is 22.1 Å². The van der Waals surface area contributed by atoms with Crippen molar-refractivity contribution in [3.63, 3.8) is 0 Å². The Bertz CT molecular complexity index is 94.7. The Morgan fingerprint density at radius 2 is 1.00 bits per heavy atom. The van der Waals surface area contributed by atoms with E-state index < -0.39 is 0 Å². The van der Waals surface area contributed by atoms with E-state index in [1.54, 1.807) is 0 Å². The molecule has 0 atom stereocenters. The molecule has 0 aliphatic carbocycles. The predicted octanol–water partition coefficient (Wildman–Crippen LogP) is 2.16. The summed E-state index contributed by atoms with van der Waals surface area (Å²) in [5, 5.41) is 0. The zero-order valence-corrected chi connectivity index (χ0v) is 21.7. The van der Waals surface area contributed by atoms with Crippen LogP contribution in [0.4, 0.5) is 0 Å². The van der Waals surface area contributed by atoms with E-state index in [0.29, 0.717) is 0 Å². The standard InChI is InChI=1S/C3H6N2.4CH3.4Zn/c4-2-1-3-5;;;;;;;;/h1-3H2;4*1H3;;;;. The Balaban J connectivity index is 3.41. The monoisotopic (exact) mass is 386 g/mol. The average Bonchev–Trinajstić information content (AvgIpc) is 2.19. The molecule has 2 nitrogen and oxygen atoms in total. The van der Waals surface area contributed by atoms with Crippen LogP contribution in [-0.2, 0) is 69.5 Å². The third kappa shape index (κ3) is 8.24. The van der Waals surface area contributed by atoms with Gasteiger partial charge < -0.3 is 0 Å². The molecule has 6 heteroatoms. The summed E-state index contributed by atoms with van der Waals surface area (Å²) in [4.78, 5) is 0. The molecule has 0 fully saturated rings. The Morgan fingerprint density at radius 1 is 0.692 bits per heavy atom. The molecule has 0 N–H and O–H groups in total. The second-order valence-corrected chi connectivity index (χ2v) is 24.1. The van der Waals surface area contributed by atoms with Gasteiger partial charge in [-0.2, -0.15) is 0 Å². The van der Waals surface area contributed by atoms with Crippen molar-refractivity contribution in [2.75, 3.05) is 13.1 Å². The van der Waals surface area contributed by atoms with Crippen LogP contribution in [-0.4, -0.2) is 17.9 Å². The summed E-state index contributed by atoms with van der Waals surface area (Å²) in [6.45, 7) is 2.96. The van der Waals surface area contributed by atoms with Crippen LogP contribution in [0.25, 0.3) is 0 Å². The third-order valence-electron chi connectivity index (χ3n) is 2.74. The van der Waals surface area contributed by atoms with Gasteiger partial charge in [-0.25, -0.2) is 0 Å². The zero-order valence-electron chi connectivity index (χ0n) is 9.84. The summed E-state index contributed by atoms with van der Waals surface area (Å²) >= 11 is -0.748. The van der Waals surface area contributed by atoms with Crippen molar-refractivity contribution >= 4 is 0 Å². The van der Waals surface area contributed by atoms with E-state index in [2.05, 4.69) is 26.8 Å². The SMILES string of the molecule is [CH3][Zn][N](CCC[N]([Zn][CH3])[Zn][CH3])[Zn][CH3]. The van der Waals surface area contributed by atoms with Gasteiger partial charge in [0.25, 0.3) is 0 Å². The number of nitrogens with zero attached hydrogens (tertiary/aromatic N) is 2. The number of rotatable bonds is 8. The summed E-state index contributed by atoms with van der Waals surface area (Å²) in [5.41, 5.74) is 9.98. The van der Waals surface area contributed by atoms with Gasteiger partial charge in [0.1, 0.15) is 0 Å². The molecule has 64 valence electrons. The van der Waals surface area contributed by atoms with Gasteiger partial charge in [-0.1, -0.05) is 0 Å². The van der Waals surface area contributed by atoms with Gasteiger partial charge in [-0.3, -0.25) is 0 Å². The van der Waals surface area contributed by atoms with E-state index in [1.807, 2.05) is 0 Å². The fourth-order valence-corrected chi connectivity index (χ4v) is 17.8. The van der Waals surface area contributed by atoms with Gasteiger partial charge in [-0.15, -0.1) is 0 Å². The minimum atomic E-state index is -0.187. The minimum absolute atomic E-state index is 0.187. The molecule has 0 bridgehead atoms. The van der Waals surface area contributed by atoms with Crippen LogP contribution in [0.3, 0.4) is 0 Å². The van der Waals surface area contributed by atoms with E-state index in [1.165, 1.54) is 19.5 Å². The van der Waals surface area contributed by atoms with Crippen molar-refractivity contribution in [2.45, 2.75) is 28.5 Å². The normalized spacial score (nSPS) is 9.08. The van der Waals surface area contributed by atoms with Crippen LogP contribution >= 0.6 is 0 Å². The van der Waals surface area contributed by atoms with Gasteiger partial charge >= 0.3 is 116 Å². The van der Waals surface area contributed by atoms with Crippen LogP contribution < -0.4 is 0 Å². The van der Waals surface area contributed by atoms with Crippen molar-refractivity contribution in [1.29, 1.82) is 0 Å². The van der Waals surface area contributed by atoms with Crippen molar-refractivity contribution in [3.8, 4) is 0 Å². The van der Waals surface area contributed by atoms with Crippen molar-refractivity contribution in [2.24, 2.45) is 0 Å². The van der Waals surface area contributed by atoms with Crippen LogP contribution in [0, 0.1) is 0 Å². The molecule has 0 aromatic carbocycles. The van der Waals surface area contributed by atoms with E-state index in [-0.39, 0.29) is 69.5 Å². The molecule has 0 unspecified atom stereocenters. The number of hydrogen-bond donors (Lipinski definition) is 0.